The van der Waals surface area contributed by atoms with Crippen molar-refractivity contribution in [3.05, 3.63) is 27.7 Å². The topological polar surface area (TPSA) is 61.8 Å². The average molecular weight is 369 g/mol. The Morgan fingerprint density at radius 1 is 1.29 bits per heavy atom. The number of benzene rings is 1. The van der Waals surface area contributed by atoms with Gasteiger partial charge in [-0.3, -0.25) is 0 Å². The minimum absolute atomic E-state index is 0.0238. The van der Waals surface area contributed by atoms with Crippen LogP contribution in [-0.4, -0.2) is 41.3 Å². The Kier molecular flexibility index (Phi) is 3.25. The van der Waals surface area contributed by atoms with Crippen molar-refractivity contribution in [3.8, 4) is 5.75 Å². The van der Waals surface area contributed by atoms with Crippen LogP contribution in [0.2, 0.25) is 10.0 Å². The molecule has 1 aromatic carbocycles. The van der Waals surface area contributed by atoms with Crippen LogP contribution in [0.4, 0.5) is 4.79 Å². The summed E-state index contributed by atoms with van der Waals surface area (Å²) in [4.78, 5) is 14.6. The van der Waals surface area contributed by atoms with Gasteiger partial charge in [0.25, 0.3) is 0 Å². The van der Waals surface area contributed by atoms with Crippen molar-refractivity contribution in [1.82, 2.24) is 10.2 Å². The number of ether oxygens (including phenoxy) is 1. The summed E-state index contributed by atoms with van der Waals surface area (Å²) in [6.07, 6.45) is 1.74. The molecule has 2 aliphatic heterocycles. The molecule has 2 aliphatic carbocycles. The van der Waals surface area contributed by atoms with Crippen molar-refractivity contribution in [2.75, 3.05) is 13.2 Å². The summed E-state index contributed by atoms with van der Waals surface area (Å²) in [5, 5.41) is 14.3. The number of amides is 2. The van der Waals surface area contributed by atoms with E-state index in [0.29, 0.717) is 40.2 Å². The largest absolute Gasteiger partial charge is 0.489 e. The van der Waals surface area contributed by atoms with E-state index >= 15 is 0 Å². The Morgan fingerprint density at radius 3 is 2.92 bits per heavy atom. The molecule has 2 saturated carbocycles. The maximum absolute atomic E-state index is 12.8. The van der Waals surface area contributed by atoms with E-state index < -0.39 is 0 Å². The Hall–Kier alpha value is -1.17. The number of fused-ring (bicyclic) bond motifs is 2. The van der Waals surface area contributed by atoms with Crippen LogP contribution in [0.25, 0.3) is 0 Å². The maximum atomic E-state index is 12.8. The molecular weight excluding hydrogens is 351 g/mol. The monoisotopic (exact) mass is 368 g/mol. The van der Waals surface area contributed by atoms with Crippen LogP contribution >= 0.6 is 23.2 Å². The standard InChI is InChI=1S/C17H18Cl2N2O3/c18-11-2-1-9-12(6-24-16(9)13(11)19)20-17(23)21-5-8-3-7-4-10(8)14(21)15(7)22/h1-2,7-8,10,12,14-15,22H,3-6H2,(H,20,23). The molecule has 1 aromatic rings. The lowest BCUT2D eigenvalue weighted by Crippen LogP contribution is -2.49. The van der Waals surface area contributed by atoms with Gasteiger partial charge in [-0.15, -0.1) is 0 Å². The van der Waals surface area contributed by atoms with Crippen LogP contribution in [0.15, 0.2) is 12.1 Å². The first kappa shape index (κ1) is 15.1. The summed E-state index contributed by atoms with van der Waals surface area (Å²) >= 11 is 12.2. The first-order valence-electron chi connectivity index (χ1n) is 8.40. The number of nitrogens with zero attached hydrogens (tertiary/aromatic N) is 1. The number of carbonyl (C=O) groups excluding carboxylic acids is 1. The number of carbonyl (C=O) groups is 1. The lowest BCUT2D eigenvalue weighted by molar-refractivity contribution is 0.0602. The van der Waals surface area contributed by atoms with Crippen molar-refractivity contribution in [1.29, 1.82) is 0 Å². The van der Waals surface area contributed by atoms with E-state index in [-0.39, 0.29) is 24.2 Å². The molecule has 0 aromatic heterocycles. The highest BCUT2D eigenvalue weighted by atomic mass is 35.5. The van der Waals surface area contributed by atoms with Gasteiger partial charge < -0.3 is 20.1 Å². The average Bonchev–Trinajstić information content (AvgIpc) is 3.25. The molecule has 5 nitrogen and oxygen atoms in total. The number of rotatable bonds is 1. The predicted octanol–water partition coefficient (Wildman–Crippen LogP) is 2.84. The molecule has 0 radical (unpaired) electrons. The molecule has 2 bridgehead atoms. The van der Waals surface area contributed by atoms with Gasteiger partial charge in [0.2, 0.25) is 0 Å². The number of likely N-dealkylation sites (tertiary alicyclic amines) is 1. The molecular formula is C17H18Cl2N2O3. The van der Waals surface area contributed by atoms with Gasteiger partial charge in [-0.1, -0.05) is 29.3 Å². The Labute approximate surface area is 149 Å². The molecule has 2 amide bonds. The number of urea groups is 1. The van der Waals surface area contributed by atoms with Crippen molar-refractivity contribution in [2.45, 2.75) is 31.0 Å². The zero-order valence-electron chi connectivity index (χ0n) is 12.9. The second-order valence-corrected chi connectivity index (χ2v) is 8.17. The lowest BCUT2D eigenvalue weighted by Gasteiger charge is -2.29. The van der Waals surface area contributed by atoms with Gasteiger partial charge in [0.05, 0.1) is 23.2 Å². The quantitative estimate of drug-likeness (QED) is 0.800. The van der Waals surface area contributed by atoms with Crippen molar-refractivity contribution in [3.63, 3.8) is 0 Å². The van der Waals surface area contributed by atoms with Crippen molar-refractivity contribution < 1.29 is 14.6 Å². The zero-order valence-corrected chi connectivity index (χ0v) is 14.4. The van der Waals surface area contributed by atoms with Crippen LogP contribution < -0.4 is 10.1 Å². The first-order chi connectivity index (χ1) is 11.5. The second-order valence-electron chi connectivity index (χ2n) is 7.38. The lowest BCUT2D eigenvalue weighted by atomic mass is 9.88. The molecule has 1 saturated heterocycles. The molecule has 2 N–H and O–H groups in total. The minimum Gasteiger partial charge on any atom is -0.489 e. The second kappa shape index (κ2) is 5.16. The maximum Gasteiger partial charge on any atom is 0.318 e. The van der Waals surface area contributed by atoms with Gasteiger partial charge in [0, 0.05) is 12.1 Å². The van der Waals surface area contributed by atoms with Crippen molar-refractivity contribution in [2.24, 2.45) is 17.8 Å². The fraction of sp³-hybridized carbons (Fsp3) is 0.588. The predicted molar refractivity (Wildman–Crippen MR) is 89.4 cm³/mol. The van der Waals surface area contributed by atoms with Gasteiger partial charge in [-0.05, 0) is 36.7 Å². The summed E-state index contributed by atoms with van der Waals surface area (Å²) in [6.45, 7) is 1.09. The van der Waals surface area contributed by atoms with Crippen molar-refractivity contribution >= 4 is 29.2 Å². The third kappa shape index (κ3) is 1.95. The SMILES string of the molecule is O=C(NC1COc2c1ccc(Cl)c2Cl)N1CC2CC3CC2C1C3O. The Balaban J connectivity index is 1.35. The summed E-state index contributed by atoms with van der Waals surface area (Å²) in [6, 6.07) is 3.17. The number of hydrogen-bond acceptors (Lipinski definition) is 3. The Bertz CT molecular complexity index is 726. The molecule has 2 heterocycles. The Morgan fingerprint density at radius 2 is 2.12 bits per heavy atom. The van der Waals surface area contributed by atoms with E-state index in [4.69, 9.17) is 27.9 Å². The van der Waals surface area contributed by atoms with E-state index in [1.165, 1.54) is 0 Å². The van der Waals surface area contributed by atoms with Gasteiger partial charge in [0.1, 0.15) is 17.4 Å². The zero-order chi connectivity index (χ0) is 16.6. The fourth-order valence-corrected chi connectivity index (χ4v) is 5.60. The number of halogens is 2. The summed E-state index contributed by atoms with van der Waals surface area (Å²) < 4.78 is 5.62. The smallest absolute Gasteiger partial charge is 0.318 e. The molecule has 6 atom stereocenters. The molecule has 4 aliphatic rings. The van der Waals surface area contributed by atoms with E-state index in [2.05, 4.69) is 5.32 Å². The minimum atomic E-state index is -0.375. The highest BCUT2D eigenvalue weighted by Crippen LogP contribution is 2.55. The fourth-order valence-electron chi connectivity index (χ4n) is 5.23. The van der Waals surface area contributed by atoms with Gasteiger partial charge >= 0.3 is 6.03 Å². The number of aliphatic hydroxyl groups excluding tert-OH is 1. The van der Waals surface area contributed by atoms with Crippen LogP contribution in [0, 0.1) is 17.8 Å². The highest BCUT2D eigenvalue weighted by molar-refractivity contribution is 6.43. The molecule has 6 unspecified atom stereocenters. The van der Waals surface area contributed by atoms with Gasteiger partial charge in [-0.2, -0.15) is 0 Å². The molecule has 0 spiro atoms. The first-order valence-corrected chi connectivity index (χ1v) is 9.16. The van der Waals surface area contributed by atoms with E-state index in [9.17, 15) is 9.90 Å². The molecule has 3 fully saturated rings. The summed E-state index contributed by atoms with van der Waals surface area (Å²) in [5.74, 6) is 1.95. The van der Waals surface area contributed by atoms with E-state index in [0.717, 1.165) is 24.9 Å². The number of hydrogen-bond donors (Lipinski definition) is 2. The van der Waals surface area contributed by atoms with Crippen LogP contribution in [0.3, 0.4) is 0 Å². The van der Waals surface area contributed by atoms with Crippen LogP contribution in [0.5, 0.6) is 5.75 Å². The number of nitrogens with one attached hydrogen (secondary N) is 1. The van der Waals surface area contributed by atoms with Gasteiger partial charge in [0.15, 0.2) is 0 Å². The molecule has 128 valence electrons. The van der Waals surface area contributed by atoms with Gasteiger partial charge in [-0.25, -0.2) is 4.79 Å². The number of aliphatic hydroxyl groups is 1. The van der Waals surface area contributed by atoms with E-state index in [1.807, 2.05) is 11.0 Å². The van der Waals surface area contributed by atoms with E-state index in [1.54, 1.807) is 6.07 Å². The molecule has 7 heteroatoms. The highest BCUT2D eigenvalue weighted by Gasteiger charge is 2.60. The molecule has 24 heavy (non-hydrogen) atoms. The van der Waals surface area contributed by atoms with Crippen LogP contribution in [-0.2, 0) is 0 Å². The molecule has 5 rings (SSSR count). The third-order valence-corrected chi connectivity index (χ3v) is 7.04. The third-order valence-electron chi connectivity index (χ3n) is 6.26. The van der Waals surface area contributed by atoms with Crippen LogP contribution in [0.1, 0.15) is 24.4 Å². The normalized spacial score (nSPS) is 38.4. The summed E-state index contributed by atoms with van der Waals surface area (Å²) in [5.41, 5.74) is 0.852. The summed E-state index contributed by atoms with van der Waals surface area (Å²) in [7, 11) is 0.